The van der Waals surface area contributed by atoms with Gasteiger partial charge in [0.15, 0.2) is 0 Å². The van der Waals surface area contributed by atoms with Gasteiger partial charge in [0.05, 0.1) is 6.61 Å². The molecule has 0 saturated heterocycles. The van der Waals surface area contributed by atoms with Gasteiger partial charge in [0, 0.05) is 21.2 Å². The molecule has 0 aliphatic rings. The molecule has 0 fully saturated rings. The lowest BCUT2D eigenvalue weighted by Gasteiger charge is -2.03. The number of ether oxygens (including phenoxy) is 1. The molecule has 0 aromatic heterocycles. The summed E-state index contributed by atoms with van der Waals surface area (Å²) in [5.41, 5.74) is 0.983. The van der Waals surface area contributed by atoms with Gasteiger partial charge in [0.1, 0.15) is 0 Å². The second kappa shape index (κ2) is 5.06. The molecule has 0 radical (unpaired) electrons. The van der Waals surface area contributed by atoms with Crippen molar-refractivity contribution in [1.29, 1.82) is 0 Å². The Hall–Kier alpha value is -0.760. The third-order valence-corrected chi connectivity index (χ3v) is 0.938. The Bertz CT molecular complexity index is 127. The molecule has 0 spiro atoms. The standard InChI is InChI=1S/C8H15NO/c1-8(7-10-4)5-6-9(2)3/h5-6H,1,7H2,2-4H3/b6-5-. The molecule has 0 aliphatic carbocycles. The second-order valence-corrected chi connectivity index (χ2v) is 2.37. The van der Waals surface area contributed by atoms with Gasteiger partial charge in [0.25, 0.3) is 0 Å². The Kier molecular flexibility index (Phi) is 4.67. The van der Waals surface area contributed by atoms with Crippen LogP contribution >= 0.6 is 0 Å². The third-order valence-electron chi connectivity index (χ3n) is 0.938. The van der Waals surface area contributed by atoms with Crippen molar-refractivity contribution in [3.63, 3.8) is 0 Å². The maximum atomic E-state index is 4.87. The molecule has 0 saturated carbocycles. The Labute approximate surface area is 62.8 Å². The quantitative estimate of drug-likeness (QED) is 0.546. The average Bonchev–Trinajstić information content (AvgIpc) is 1.85. The minimum Gasteiger partial charge on any atom is -0.383 e. The molecule has 0 aliphatic heterocycles. The molecule has 0 heterocycles. The van der Waals surface area contributed by atoms with Crippen LogP contribution in [-0.2, 0) is 4.74 Å². The Morgan fingerprint density at radius 2 is 2.20 bits per heavy atom. The maximum absolute atomic E-state index is 4.87. The molecule has 0 bridgehead atoms. The molecular weight excluding hydrogens is 126 g/mol. The zero-order valence-electron chi connectivity index (χ0n) is 6.92. The van der Waals surface area contributed by atoms with E-state index >= 15 is 0 Å². The topological polar surface area (TPSA) is 12.5 Å². The number of rotatable bonds is 4. The highest BCUT2D eigenvalue weighted by Gasteiger charge is 1.84. The van der Waals surface area contributed by atoms with Gasteiger partial charge >= 0.3 is 0 Å². The third kappa shape index (κ3) is 5.38. The fraction of sp³-hybridized carbons (Fsp3) is 0.500. The molecule has 10 heavy (non-hydrogen) atoms. The highest BCUT2D eigenvalue weighted by atomic mass is 16.5. The Morgan fingerprint density at radius 3 is 2.60 bits per heavy atom. The van der Waals surface area contributed by atoms with Crippen molar-refractivity contribution in [3.8, 4) is 0 Å². The van der Waals surface area contributed by atoms with Crippen LogP contribution in [0, 0.1) is 0 Å². The zero-order chi connectivity index (χ0) is 7.98. The summed E-state index contributed by atoms with van der Waals surface area (Å²) in [5, 5.41) is 0. The predicted octanol–water partition coefficient (Wildman–Crippen LogP) is 1.26. The summed E-state index contributed by atoms with van der Waals surface area (Å²) in [6.45, 7) is 4.38. The molecule has 0 rings (SSSR count). The average molecular weight is 141 g/mol. The summed E-state index contributed by atoms with van der Waals surface area (Å²) in [6.07, 6.45) is 3.88. The van der Waals surface area contributed by atoms with Crippen LogP contribution < -0.4 is 0 Å². The molecule has 0 atom stereocenters. The van der Waals surface area contributed by atoms with Gasteiger partial charge in [-0.1, -0.05) is 6.58 Å². The first-order valence-corrected chi connectivity index (χ1v) is 3.18. The van der Waals surface area contributed by atoms with Crippen LogP contribution in [0.5, 0.6) is 0 Å². The largest absolute Gasteiger partial charge is 0.383 e. The summed E-state index contributed by atoms with van der Waals surface area (Å²) in [7, 11) is 5.60. The van der Waals surface area contributed by atoms with Crippen molar-refractivity contribution in [3.05, 3.63) is 24.4 Å². The van der Waals surface area contributed by atoms with Crippen molar-refractivity contribution in [2.24, 2.45) is 0 Å². The van der Waals surface area contributed by atoms with Crippen LogP contribution in [0.1, 0.15) is 0 Å². The van der Waals surface area contributed by atoms with E-state index in [2.05, 4.69) is 6.58 Å². The van der Waals surface area contributed by atoms with Gasteiger partial charge in [-0.15, -0.1) is 0 Å². The number of hydrogen-bond acceptors (Lipinski definition) is 2. The lowest BCUT2D eigenvalue weighted by molar-refractivity contribution is 0.228. The first-order chi connectivity index (χ1) is 4.66. The lowest BCUT2D eigenvalue weighted by atomic mass is 10.3. The predicted molar refractivity (Wildman–Crippen MR) is 43.8 cm³/mol. The SMILES string of the molecule is C=C(/C=C\N(C)C)COC. The molecule has 0 aromatic rings. The fourth-order valence-corrected chi connectivity index (χ4v) is 0.488. The van der Waals surface area contributed by atoms with E-state index in [0.717, 1.165) is 5.57 Å². The van der Waals surface area contributed by atoms with Crippen molar-refractivity contribution < 1.29 is 4.74 Å². The highest BCUT2D eigenvalue weighted by Crippen LogP contribution is 1.92. The Morgan fingerprint density at radius 1 is 1.60 bits per heavy atom. The maximum Gasteiger partial charge on any atom is 0.0707 e. The highest BCUT2D eigenvalue weighted by molar-refractivity contribution is 5.13. The number of methoxy groups -OCH3 is 1. The van der Waals surface area contributed by atoms with E-state index in [-0.39, 0.29) is 0 Å². The number of nitrogens with zero attached hydrogens (tertiary/aromatic N) is 1. The van der Waals surface area contributed by atoms with E-state index in [1.807, 2.05) is 31.3 Å². The molecule has 0 aromatic carbocycles. The Balaban J connectivity index is 3.56. The summed E-state index contributed by atoms with van der Waals surface area (Å²) in [6, 6.07) is 0. The van der Waals surface area contributed by atoms with Gasteiger partial charge in [-0.25, -0.2) is 0 Å². The van der Waals surface area contributed by atoms with E-state index in [0.29, 0.717) is 6.61 Å². The molecule has 0 amide bonds. The summed E-state index contributed by atoms with van der Waals surface area (Å²) < 4.78 is 4.87. The molecule has 0 unspecified atom stereocenters. The summed E-state index contributed by atoms with van der Waals surface area (Å²) >= 11 is 0. The van der Waals surface area contributed by atoms with Gasteiger partial charge in [0.2, 0.25) is 0 Å². The molecule has 0 N–H and O–H groups in total. The van der Waals surface area contributed by atoms with Crippen LogP contribution in [0.15, 0.2) is 24.4 Å². The van der Waals surface area contributed by atoms with Crippen LogP contribution in [-0.4, -0.2) is 32.7 Å². The smallest absolute Gasteiger partial charge is 0.0707 e. The van der Waals surface area contributed by atoms with Crippen LogP contribution in [0.4, 0.5) is 0 Å². The normalized spacial score (nSPS) is 10.3. The minimum atomic E-state index is 0.602. The van der Waals surface area contributed by atoms with E-state index in [9.17, 15) is 0 Å². The van der Waals surface area contributed by atoms with E-state index < -0.39 is 0 Å². The van der Waals surface area contributed by atoms with Crippen molar-refractivity contribution in [1.82, 2.24) is 4.90 Å². The lowest BCUT2D eigenvalue weighted by Crippen LogP contribution is -2.00. The molecule has 58 valence electrons. The van der Waals surface area contributed by atoms with Gasteiger partial charge in [-0.2, -0.15) is 0 Å². The first-order valence-electron chi connectivity index (χ1n) is 3.18. The first kappa shape index (κ1) is 9.24. The summed E-state index contributed by atoms with van der Waals surface area (Å²) in [5.74, 6) is 0. The number of hydrogen-bond donors (Lipinski definition) is 0. The van der Waals surface area contributed by atoms with Crippen LogP contribution in [0.25, 0.3) is 0 Å². The minimum absolute atomic E-state index is 0.602. The van der Waals surface area contributed by atoms with Crippen molar-refractivity contribution in [2.45, 2.75) is 0 Å². The fourth-order valence-electron chi connectivity index (χ4n) is 0.488. The van der Waals surface area contributed by atoms with Crippen LogP contribution in [0.3, 0.4) is 0 Å². The molecular formula is C8H15NO. The van der Waals surface area contributed by atoms with Crippen molar-refractivity contribution >= 4 is 0 Å². The summed E-state index contributed by atoms with van der Waals surface area (Å²) in [4.78, 5) is 1.96. The second-order valence-electron chi connectivity index (χ2n) is 2.37. The van der Waals surface area contributed by atoms with Gasteiger partial charge in [-0.3, -0.25) is 0 Å². The molecule has 2 nitrogen and oxygen atoms in total. The van der Waals surface area contributed by atoms with E-state index in [1.165, 1.54) is 0 Å². The van der Waals surface area contributed by atoms with Crippen LogP contribution in [0.2, 0.25) is 0 Å². The van der Waals surface area contributed by atoms with Gasteiger partial charge < -0.3 is 9.64 Å². The van der Waals surface area contributed by atoms with Gasteiger partial charge in [-0.05, 0) is 17.8 Å². The van der Waals surface area contributed by atoms with E-state index in [4.69, 9.17) is 4.74 Å². The van der Waals surface area contributed by atoms with Crippen molar-refractivity contribution in [2.75, 3.05) is 27.8 Å². The molecule has 2 heteroatoms. The van der Waals surface area contributed by atoms with E-state index in [1.54, 1.807) is 7.11 Å². The zero-order valence-corrected chi connectivity index (χ0v) is 6.92. The monoisotopic (exact) mass is 141 g/mol.